The molecule has 0 bridgehead atoms. The predicted octanol–water partition coefficient (Wildman–Crippen LogP) is 0.917. The number of methoxy groups -OCH3 is 1. The zero-order valence-corrected chi connectivity index (χ0v) is 11.0. The van der Waals surface area contributed by atoms with E-state index in [1.165, 1.54) is 7.11 Å². The van der Waals surface area contributed by atoms with Crippen LogP contribution < -0.4 is 5.32 Å². The Morgan fingerprint density at radius 3 is 2.17 bits per heavy atom. The van der Waals surface area contributed by atoms with Crippen molar-refractivity contribution in [2.24, 2.45) is 0 Å². The highest BCUT2D eigenvalue weighted by Gasteiger charge is 2.23. The first-order valence-corrected chi connectivity index (χ1v) is 5.42. The summed E-state index contributed by atoms with van der Waals surface area (Å²) in [6.07, 6.45) is -1.37. The molecule has 0 unspecified atom stereocenters. The number of hydrogen-bond donors (Lipinski definition) is 2. The normalized spacial score (nSPS) is 12.4. The van der Waals surface area contributed by atoms with E-state index in [0.717, 1.165) is 0 Å². The van der Waals surface area contributed by atoms with Crippen molar-refractivity contribution in [1.82, 2.24) is 5.32 Å². The molecule has 0 spiro atoms. The minimum Gasteiger partial charge on any atom is -0.481 e. The van der Waals surface area contributed by atoms with Gasteiger partial charge in [0.25, 0.3) is 0 Å². The number of esters is 1. The number of nitrogens with one attached hydrogen (secondary N) is 1. The first-order chi connectivity index (χ1) is 8.14. The third-order valence-corrected chi connectivity index (χ3v) is 1.78. The van der Waals surface area contributed by atoms with Crippen LogP contribution in [0.5, 0.6) is 0 Å². The summed E-state index contributed by atoms with van der Waals surface area (Å²) in [5, 5.41) is 11.0. The van der Waals surface area contributed by atoms with Crippen LogP contribution in [0.15, 0.2) is 0 Å². The molecule has 7 nitrogen and oxygen atoms in total. The number of alkyl carbamates (subject to hydrolysis) is 1. The maximum absolute atomic E-state index is 11.4. The summed E-state index contributed by atoms with van der Waals surface area (Å²) in [5.74, 6) is -1.72. The van der Waals surface area contributed by atoms with Crippen LogP contribution in [0, 0.1) is 0 Å². The number of ether oxygens (including phenoxy) is 2. The molecule has 18 heavy (non-hydrogen) atoms. The van der Waals surface area contributed by atoms with Crippen LogP contribution in [0.25, 0.3) is 0 Å². The van der Waals surface area contributed by atoms with Crippen LogP contribution in [0.2, 0.25) is 0 Å². The number of carboxylic acids is 1. The summed E-state index contributed by atoms with van der Waals surface area (Å²) in [7, 11) is 1.19. The summed E-state index contributed by atoms with van der Waals surface area (Å²) in [5.41, 5.74) is -0.691. The maximum Gasteiger partial charge on any atom is 0.407 e. The van der Waals surface area contributed by atoms with Crippen LogP contribution in [0.4, 0.5) is 4.79 Å². The van der Waals surface area contributed by atoms with Crippen molar-refractivity contribution in [2.45, 2.75) is 45.3 Å². The van der Waals surface area contributed by atoms with E-state index in [2.05, 4.69) is 10.1 Å². The van der Waals surface area contributed by atoms with Gasteiger partial charge in [-0.3, -0.25) is 9.59 Å². The van der Waals surface area contributed by atoms with Gasteiger partial charge in [0, 0.05) is 0 Å². The van der Waals surface area contributed by atoms with Crippen LogP contribution >= 0.6 is 0 Å². The van der Waals surface area contributed by atoms with Crippen LogP contribution in [-0.4, -0.2) is 41.9 Å². The Hall–Kier alpha value is -1.79. The largest absolute Gasteiger partial charge is 0.481 e. The molecule has 0 saturated heterocycles. The second-order valence-electron chi connectivity index (χ2n) is 4.72. The van der Waals surface area contributed by atoms with Gasteiger partial charge in [-0.05, 0) is 20.8 Å². The minimum atomic E-state index is -1.13. The van der Waals surface area contributed by atoms with Gasteiger partial charge < -0.3 is 19.9 Å². The predicted molar refractivity (Wildman–Crippen MR) is 62.0 cm³/mol. The van der Waals surface area contributed by atoms with Gasteiger partial charge in [-0.2, -0.15) is 0 Å². The molecule has 0 aliphatic heterocycles. The molecule has 0 heterocycles. The molecule has 0 aliphatic rings. The molecule has 0 aromatic heterocycles. The molecule has 0 fully saturated rings. The third kappa shape index (κ3) is 8.37. The van der Waals surface area contributed by atoms with E-state index in [1.807, 2.05) is 0 Å². The van der Waals surface area contributed by atoms with Crippen molar-refractivity contribution < 1.29 is 29.0 Å². The lowest BCUT2D eigenvalue weighted by molar-refractivity contribution is -0.142. The van der Waals surface area contributed by atoms with Crippen molar-refractivity contribution in [3.63, 3.8) is 0 Å². The van der Waals surface area contributed by atoms with Gasteiger partial charge >= 0.3 is 18.0 Å². The monoisotopic (exact) mass is 261 g/mol. The zero-order chi connectivity index (χ0) is 14.3. The number of carbonyl (C=O) groups excluding carboxylic acids is 2. The van der Waals surface area contributed by atoms with Crippen molar-refractivity contribution in [2.75, 3.05) is 7.11 Å². The molecule has 0 aromatic rings. The summed E-state index contributed by atoms with van der Waals surface area (Å²) in [6.45, 7) is 5.04. The van der Waals surface area contributed by atoms with Crippen molar-refractivity contribution in [3.05, 3.63) is 0 Å². The second-order valence-corrected chi connectivity index (χ2v) is 4.72. The number of rotatable bonds is 5. The van der Waals surface area contributed by atoms with E-state index >= 15 is 0 Å². The number of aliphatic carboxylic acids is 1. The average molecular weight is 261 g/mol. The highest BCUT2D eigenvalue weighted by Crippen LogP contribution is 2.08. The van der Waals surface area contributed by atoms with Crippen molar-refractivity contribution in [3.8, 4) is 0 Å². The van der Waals surface area contributed by atoms with E-state index in [-0.39, 0.29) is 12.8 Å². The van der Waals surface area contributed by atoms with Crippen molar-refractivity contribution in [1.29, 1.82) is 0 Å². The summed E-state index contributed by atoms with van der Waals surface area (Å²) >= 11 is 0. The fourth-order valence-corrected chi connectivity index (χ4v) is 1.14. The van der Waals surface area contributed by atoms with Gasteiger partial charge in [-0.1, -0.05) is 0 Å². The van der Waals surface area contributed by atoms with E-state index in [9.17, 15) is 14.4 Å². The summed E-state index contributed by atoms with van der Waals surface area (Å²) < 4.78 is 9.39. The number of hydrogen-bond acceptors (Lipinski definition) is 5. The first-order valence-electron chi connectivity index (χ1n) is 5.42. The Kier molecular flexibility index (Phi) is 6.15. The number of amides is 1. The number of carbonyl (C=O) groups is 3. The molecular formula is C11H19NO6. The lowest BCUT2D eigenvalue weighted by Gasteiger charge is -2.22. The Bertz CT molecular complexity index is 320. The smallest absolute Gasteiger partial charge is 0.407 e. The van der Waals surface area contributed by atoms with Crippen LogP contribution in [0.1, 0.15) is 33.6 Å². The SMILES string of the molecule is COC(=O)C[C@H](CC(=O)O)NC(=O)OC(C)(C)C. The topological polar surface area (TPSA) is 102 Å². The molecular weight excluding hydrogens is 242 g/mol. The van der Waals surface area contributed by atoms with Gasteiger partial charge in [0.05, 0.1) is 26.0 Å². The maximum atomic E-state index is 11.4. The lowest BCUT2D eigenvalue weighted by atomic mass is 10.1. The van der Waals surface area contributed by atoms with Gasteiger partial charge in [0.1, 0.15) is 5.60 Å². The lowest BCUT2D eigenvalue weighted by Crippen LogP contribution is -2.41. The number of carboxylic acid groups (broad SMARTS) is 1. The fourth-order valence-electron chi connectivity index (χ4n) is 1.14. The minimum absolute atomic E-state index is 0.220. The van der Waals surface area contributed by atoms with E-state index in [0.29, 0.717) is 0 Å². The molecule has 2 N–H and O–H groups in total. The molecule has 0 saturated carbocycles. The Morgan fingerprint density at radius 1 is 1.22 bits per heavy atom. The highest BCUT2D eigenvalue weighted by atomic mass is 16.6. The molecule has 0 rings (SSSR count). The Labute approximate surface area is 105 Å². The molecule has 104 valence electrons. The molecule has 0 aliphatic carbocycles. The van der Waals surface area contributed by atoms with Gasteiger partial charge in [-0.25, -0.2) is 4.79 Å². The Morgan fingerprint density at radius 2 is 1.78 bits per heavy atom. The quantitative estimate of drug-likeness (QED) is 0.713. The first kappa shape index (κ1) is 16.2. The van der Waals surface area contributed by atoms with E-state index in [4.69, 9.17) is 9.84 Å². The Balaban J connectivity index is 4.44. The van der Waals surface area contributed by atoms with Crippen LogP contribution in [-0.2, 0) is 19.1 Å². The van der Waals surface area contributed by atoms with E-state index < -0.39 is 29.7 Å². The van der Waals surface area contributed by atoms with E-state index in [1.54, 1.807) is 20.8 Å². The molecule has 0 aromatic carbocycles. The molecule has 0 radical (unpaired) electrons. The second kappa shape index (κ2) is 6.83. The average Bonchev–Trinajstić information content (AvgIpc) is 2.12. The van der Waals surface area contributed by atoms with Gasteiger partial charge in [-0.15, -0.1) is 0 Å². The summed E-state index contributed by atoms with van der Waals surface area (Å²) in [6, 6.07) is -0.857. The molecule has 1 amide bonds. The fraction of sp³-hybridized carbons (Fsp3) is 0.727. The van der Waals surface area contributed by atoms with Crippen LogP contribution in [0.3, 0.4) is 0 Å². The molecule has 7 heteroatoms. The van der Waals surface area contributed by atoms with Gasteiger partial charge in [0.15, 0.2) is 0 Å². The zero-order valence-electron chi connectivity index (χ0n) is 11.0. The highest BCUT2D eigenvalue weighted by molar-refractivity contribution is 5.75. The van der Waals surface area contributed by atoms with Gasteiger partial charge in [0.2, 0.25) is 0 Å². The standard InChI is InChI=1S/C11H19NO6/c1-11(2,3)18-10(16)12-7(5-8(13)14)6-9(15)17-4/h7H,5-6H2,1-4H3,(H,12,16)(H,13,14)/t7-/m0/s1. The van der Waals surface area contributed by atoms with Crippen molar-refractivity contribution >= 4 is 18.0 Å². The summed E-state index contributed by atoms with van der Waals surface area (Å²) in [4.78, 5) is 33.1. The molecule has 1 atom stereocenters. The third-order valence-electron chi connectivity index (χ3n) is 1.78.